The van der Waals surface area contributed by atoms with E-state index in [1.807, 2.05) is 6.07 Å². The number of benzene rings is 1. The second kappa shape index (κ2) is 5.69. The van der Waals surface area contributed by atoms with Gasteiger partial charge in [0.15, 0.2) is 0 Å². The summed E-state index contributed by atoms with van der Waals surface area (Å²) in [7, 11) is 0. The molecule has 2 rings (SSSR count). The molecular weight excluding hydrogens is 336 g/mol. The van der Waals surface area contributed by atoms with Crippen molar-refractivity contribution >= 4 is 38.8 Å². The Balaban J connectivity index is 2.27. The van der Waals surface area contributed by atoms with E-state index in [1.54, 1.807) is 0 Å². The van der Waals surface area contributed by atoms with Crippen LogP contribution in [0.2, 0.25) is 5.02 Å². The van der Waals surface area contributed by atoms with Crippen molar-refractivity contribution < 1.29 is 5.11 Å². The van der Waals surface area contributed by atoms with Crippen molar-refractivity contribution in [2.75, 3.05) is 5.32 Å². The average Bonchev–Trinajstić information content (AvgIpc) is 2.90. The minimum absolute atomic E-state index is 0.0705. The zero-order valence-electron chi connectivity index (χ0n) is 9.22. The maximum absolute atomic E-state index is 9.51. The summed E-state index contributed by atoms with van der Waals surface area (Å²) in [6.07, 6.45) is 1.40. The molecule has 1 aromatic heterocycles. The number of aromatic nitrogens is 4. The summed E-state index contributed by atoms with van der Waals surface area (Å²) in [6, 6.07) is 4.89. The van der Waals surface area contributed by atoms with Gasteiger partial charge in [-0.15, -0.1) is 10.2 Å². The van der Waals surface area contributed by atoms with Crippen LogP contribution in [0, 0.1) is 11.3 Å². The van der Waals surface area contributed by atoms with Gasteiger partial charge in [-0.2, -0.15) is 10.5 Å². The summed E-state index contributed by atoms with van der Waals surface area (Å²) in [5.74, 6) is 0.100. The number of rotatable bonds is 3. The SMILES string of the molecule is N#CC(=CNc1cc(O)c(Cl)cc1Br)c1nn[nH]n1. The molecule has 0 saturated heterocycles. The molecule has 0 amide bonds. The van der Waals surface area contributed by atoms with Crippen LogP contribution in [-0.4, -0.2) is 25.7 Å². The number of hydrogen-bond donors (Lipinski definition) is 3. The lowest BCUT2D eigenvalue weighted by Crippen LogP contribution is -1.94. The van der Waals surface area contributed by atoms with E-state index in [0.29, 0.717) is 10.2 Å². The molecule has 0 radical (unpaired) electrons. The molecule has 2 aromatic rings. The van der Waals surface area contributed by atoms with E-state index in [2.05, 4.69) is 41.9 Å². The van der Waals surface area contributed by atoms with Gasteiger partial charge < -0.3 is 10.4 Å². The van der Waals surface area contributed by atoms with E-state index < -0.39 is 0 Å². The molecule has 0 atom stereocenters. The predicted molar refractivity (Wildman–Crippen MR) is 72.2 cm³/mol. The van der Waals surface area contributed by atoms with Gasteiger partial charge in [0.25, 0.3) is 0 Å². The van der Waals surface area contributed by atoms with Crippen molar-refractivity contribution in [3.05, 3.63) is 33.7 Å². The summed E-state index contributed by atoms with van der Waals surface area (Å²) < 4.78 is 0.636. The molecule has 0 saturated carbocycles. The molecule has 7 nitrogen and oxygen atoms in total. The number of nitrogens with one attached hydrogen (secondary N) is 2. The molecule has 19 heavy (non-hydrogen) atoms. The molecule has 3 N–H and O–H groups in total. The smallest absolute Gasteiger partial charge is 0.216 e. The fourth-order valence-corrected chi connectivity index (χ4v) is 1.97. The van der Waals surface area contributed by atoms with Crippen molar-refractivity contribution in [1.82, 2.24) is 20.6 Å². The molecule has 0 aliphatic rings. The lowest BCUT2D eigenvalue weighted by Gasteiger charge is -2.06. The summed E-state index contributed by atoms with van der Waals surface area (Å²) >= 11 is 9.03. The van der Waals surface area contributed by atoms with Crippen LogP contribution in [0.1, 0.15) is 5.82 Å². The fourth-order valence-electron chi connectivity index (χ4n) is 1.22. The highest BCUT2D eigenvalue weighted by atomic mass is 79.9. The molecular formula is C10H6BrClN6O. The Morgan fingerprint density at radius 3 is 3.00 bits per heavy atom. The van der Waals surface area contributed by atoms with Crippen molar-refractivity contribution in [3.8, 4) is 11.8 Å². The van der Waals surface area contributed by atoms with Crippen molar-refractivity contribution in [2.45, 2.75) is 0 Å². The van der Waals surface area contributed by atoms with Gasteiger partial charge in [0.1, 0.15) is 17.4 Å². The number of aromatic hydroxyl groups is 1. The number of allylic oxidation sites excluding steroid dienone is 1. The highest BCUT2D eigenvalue weighted by molar-refractivity contribution is 9.10. The van der Waals surface area contributed by atoms with Crippen LogP contribution in [0.15, 0.2) is 22.8 Å². The number of hydrogen-bond acceptors (Lipinski definition) is 6. The van der Waals surface area contributed by atoms with Crippen LogP contribution in [0.25, 0.3) is 5.57 Å². The molecule has 0 fully saturated rings. The standard InChI is InChI=1S/C10H6BrClN6O/c11-6-1-7(12)9(19)2-8(6)14-4-5(3-13)10-15-17-18-16-10/h1-2,4,14,19H,(H,15,16,17,18). The second-order valence-corrected chi connectivity index (χ2v) is 4.59. The molecule has 0 bridgehead atoms. The fraction of sp³-hybridized carbons (Fsp3) is 0. The molecule has 0 aliphatic carbocycles. The quantitative estimate of drug-likeness (QED) is 0.739. The van der Waals surface area contributed by atoms with E-state index in [9.17, 15) is 5.11 Å². The first kappa shape index (κ1) is 13.3. The molecule has 96 valence electrons. The third kappa shape index (κ3) is 3.01. The van der Waals surface area contributed by atoms with Crippen LogP contribution >= 0.6 is 27.5 Å². The van der Waals surface area contributed by atoms with Crippen LogP contribution < -0.4 is 5.32 Å². The summed E-state index contributed by atoms with van der Waals surface area (Å²) in [5, 5.41) is 34.6. The Morgan fingerprint density at radius 1 is 1.58 bits per heavy atom. The number of H-pyrrole nitrogens is 1. The third-order valence-electron chi connectivity index (χ3n) is 2.12. The largest absolute Gasteiger partial charge is 0.506 e. The Morgan fingerprint density at radius 2 is 2.37 bits per heavy atom. The lowest BCUT2D eigenvalue weighted by atomic mass is 10.2. The molecule has 0 unspecified atom stereocenters. The van der Waals surface area contributed by atoms with E-state index >= 15 is 0 Å². The molecule has 1 heterocycles. The van der Waals surface area contributed by atoms with Crippen molar-refractivity contribution in [1.29, 1.82) is 5.26 Å². The molecule has 9 heteroatoms. The van der Waals surface area contributed by atoms with Crippen LogP contribution in [0.3, 0.4) is 0 Å². The first-order valence-electron chi connectivity index (χ1n) is 4.90. The van der Waals surface area contributed by atoms with Gasteiger partial charge in [-0.05, 0) is 27.2 Å². The van der Waals surface area contributed by atoms with Crippen molar-refractivity contribution in [2.24, 2.45) is 0 Å². The summed E-state index contributed by atoms with van der Waals surface area (Å²) in [6.45, 7) is 0. The van der Waals surface area contributed by atoms with Crippen LogP contribution in [0.4, 0.5) is 5.69 Å². The number of phenols is 1. The van der Waals surface area contributed by atoms with Gasteiger partial charge in [0.2, 0.25) is 5.82 Å². The second-order valence-electron chi connectivity index (χ2n) is 3.33. The predicted octanol–water partition coefficient (Wildman–Crippen LogP) is 2.30. The summed E-state index contributed by atoms with van der Waals surface area (Å²) in [4.78, 5) is 0. The minimum atomic E-state index is -0.0705. The molecule has 1 aromatic carbocycles. The average molecular weight is 342 g/mol. The number of aromatic amines is 1. The molecule has 0 spiro atoms. The Labute approximate surface area is 121 Å². The number of halogens is 2. The van der Waals surface area contributed by atoms with E-state index in [-0.39, 0.29) is 22.2 Å². The first-order valence-corrected chi connectivity index (χ1v) is 6.07. The van der Waals surface area contributed by atoms with Gasteiger partial charge in [-0.1, -0.05) is 11.6 Å². The van der Waals surface area contributed by atoms with E-state index in [4.69, 9.17) is 16.9 Å². The minimum Gasteiger partial charge on any atom is -0.506 e. The first-order chi connectivity index (χ1) is 9.11. The Hall–Kier alpha value is -2.11. The van der Waals surface area contributed by atoms with Gasteiger partial charge >= 0.3 is 0 Å². The summed E-state index contributed by atoms with van der Waals surface area (Å²) in [5.41, 5.74) is 0.730. The number of tetrazole rings is 1. The maximum Gasteiger partial charge on any atom is 0.216 e. The number of nitriles is 1. The zero-order valence-corrected chi connectivity index (χ0v) is 11.6. The number of nitrogens with zero attached hydrogens (tertiary/aromatic N) is 4. The normalized spacial score (nSPS) is 11.1. The number of phenolic OH excluding ortho intramolecular Hbond substituents is 1. The van der Waals surface area contributed by atoms with E-state index in [1.165, 1.54) is 18.3 Å². The van der Waals surface area contributed by atoms with Crippen LogP contribution in [0.5, 0.6) is 5.75 Å². The van der Waals surface area contributed by atoms with Gasteiger partial charge in [-0.3, -0.25) is 0 Å². The number of anilines is 1. The monoisotopic (exact) mass is 340 g/mol. The Kier molecular flexibility index (Phi) is 3.99. The van der Waals surface area contributed by atoms with Gasteiger partial charge in [-0.25, -0.2) is 0 Å². The maximum atomic E-state index is 9.51. The van der Waals surface area contributed by atoms with Crippen LogP contribution in [-0.2, 0) is 0 Å². The van der Waals surface area contributed by atoms with Gasteiger partial charge in [0, 0.05) is 16.7 Å². The topological polar surface area (TPSA) is 111 Å². The zero-order chi connectivity index (χ0) is 13.8. The highest BCUT2D eigenvalue weighted by Gasteiger charge is 2.08. The third-order valence-corrected chi connectivity index (χ3v) is 3.07. The van der Waals surface area contributed by atoms with E-state index in [0.717, 1.165) is 0 Å². The van der Waals surface area contributed by atoms with Gasteiger partial charge in [0.05, 0.1) is 10.7 Å². The lowest BCUT2D eigenvalue weighted by molar-refractivity contribution is 0.476. The molecule has 0 aliphatic heterocycles. The highest BCUT2D eigenvalue weighted by Crippen LogP contribution is 2.33. The Bertz CT molecular complexity index is 663. The van der Waals surface area contributed by atoms with Crippen molar-refractivity contribution in [3.63, 3.8) is 0 Å².